The number of carbonyl (C=O) groups excluding carboxylic acids is 3. The molecule has 8 heteroatoms. The van der Waals surface area contributed by atoms with Gasteiger partial charge in [-0.05, 0) is 54.1 Å². The summed E-state index contributed by atoms with van der Waals surface area (Å²) in [6.07, 6.45) is 0. The van der Waals surface area contributed by atoms with Crippen molar-refractivity contribution in [2.45, 2.75) is 13.5 Å². The highest BCUT2D eigenvalue weighted by molar-refractivity contribution is 6.05. The van der Waals surface area contributed by atoms with Crippen LogP contribution in [0.25, 0.3) is 0 Å². The van der Waals surface area contributed by atoms with E-state index in [1.54, 1.807) is 42.5 Å². The Morgan fingerprint density at radius 1 is 0.774 bits per heavy atom. The van der Waals surface area contributed by atoms with Crippen molar-refractivity contribution in [1.82, 2.24) is 5.32 Å². The fourth-order valence-corrected chi connectivity index (χ4v) is 2.83. The number of hydrogen-bond donors (Lipinski definition) is 4. The molecule has 3 aromatic rings. The van der Waals surface area contributed by atoms with E-state index < -0.39 is 17.8 Å². The van der Waals surface area contributed by atoms with Crippen molar-refractivity contribution in [3.63, 3.8) is 0 Å². The molecular formula is C23H21FN4O3. The van der Waals surface area contributed by atoms with Crippen LogP contribution in [0, 0.1) is 5.82 Å². The lowest BCUT2D eigenvalue weighted by atomic mass is 10.2. The van der Waals surface area contributed by atoms with Crippen LogP contribution in [0.2, 0.25) is 0 Å². The summed E-state index contributed by atoms with van der Waals surface area (Å²) in [5.41, 5.74) is 2.53. The number of benzene rings is 3. The van der Waals surface area contributed by atoms with E-state index in [1.165, 1.54) is 31.2 Å². The number of amides is 4. The molecule has 0 aliphatic carbocycles. The van der Waals surface area contributed by atoms with Crippen LogP contribution in [0.3, 0.4) is 0 Å². The van der Waals surface area contributed by atoms with Crippen LogP contribution in [-0.2, 0) is 11.3 Å². The lowest BCUT2D eigenvalue weighted by Gasteiger charge is -2.10. The van der Waals surface area contributed by atoms with Gasteiger partial charge < -0.3 is 21.3 Å². The Balaban J connectivity index is 1.57. The molecule has 4 N–H and O–H groups in total. The van der Waals surface area contributed by atoms with E-state index in [0.29, 0.717) is 22.6 Å². The fraction of sp³-hybridized carbons (Fsp3) is 0.0870. The predicted molar refractivity (Wildman–Crippen MR) is 117 cm³/mol. The first kappa shape index (κ1) is 21.5. The first-order chi connectivity index (χ1) is 14.9. The highest BCUT2D eigenvalue weighted by Crippen LogP contribution is 2.15. The van der Waals surface area contributed by atoms with Crippen molar-refractivity contribution in [2.75, 3.05) is 16.0 Å². The summed E-state index contributed by atoms with van der Waals surface area (Å²) in [7, 11) is 0. The topological polar surface area (TPSA) is 99.3 Å². The molecule has 158 valence electrons. The van der Waals surface area contributed by atoms with Gasteiger partial charge in [-0.25, -0.2) is 9.18 Å². The molecule has 0 unspecified atom stereocenters. The third-order valence-corrected chi connectivity index (χ3v) is 4.17. The quantitative estimate of drug-likeness (QED) is 0.477. The first-order valence-corrected chi connectivity index (χ1v) is 9.47. The Kier molecular flexibility index (Phi) is 6.95. The molecule has 0 aliphatic rings. The Morgan fingerprint density at radius 3 is 2.13 bits per heavy atom. The third kappa shape index (κ3) is 6.67. The van der Waals surface area contributed by atoms with Crippen LogP contribution in [-0.4, -0.2) is 17.8 Å². The van der Waals surface area contributed by atoms with E-state index in [0.717, 1.165) is 5.56 Å². The summed E-state index contributed by atoms with van der Waals surface area (Å²) in [6, 6.07) is 18.6. The fourth-order valence-electron chi connectivity index (χ4n) is 2.83. The van der Waals surface area contributed by atoms with Crippen LogP contribution >= 0.6 is 0 Å². The van der Waals surface area contributed by atoms with E-state index in [1.807, 2.05) is 6.07 Å². The second-order valence-electron chi connectivity index (χ2n) is 6.73. The molecule has 0 radical (unpaired) electrons. The molecule has 0 aliphatic heterocycles. The predicted octanol–water partition coefficient (Wildman–Crippen LogP) is 4.36. The minimum Gasteiger partial charge on any atom is -0.334 e. The van der Waals surface area contributed by atoms with Crippen LogP contribution in [0.5, 0.6) is 0 Å². The van der Waals surface area contributed by atoms with Gasteiger partial charge in [-0.3, -0.25) is 9.59 Å². The first-order valence-electron chi connectivity index (χ1n) is 9.47. The highest BCUT2D eigenvalue weighted by atomic mass is 19.1. The maximum absolute atomic E-state index is 13.3. The Morgan fingerprint density at radius 2 is 1.42 bits per heavy atom. The second-order valence-corrected chi connectivity index (χ2v) is 6.73. The van der Waals surface area contributed by atoms with E-state index >= 15 is 0 Å². The number of nitrogens with one attached hydrogen (secondary N) is 4. The lowest BCUT2D eigenvalue weighted by Crippen LogP contribution is -2.28. The number of rotatable bonds is 6. The molecule has 0 aromatic heterocycles. The number of hydrogen-bond acceptors (Lipinski definition) is 3. The van der Waals surface area contributed by atoms with Gasteiger partial charge in [0.15, 0.2) is 0 Å². The van der Waals surface area contributed by atoms with E-state index in [4.69, 9.17) is 0 Å². The third-order valence-electron chi connectivity index (χ3n) is 4.17. The highest BCUT2D eigenvalue weighted by Gasteiger charge is 2.09. The molecule has 0 saturated carbocycles. The van der Waals surface area contributed by atoms with Gasteiger partial charge in [0.25, 0.3) is 5.91 Å². The van der Waals surface area contributed by atoms with Gasteiger partial charge in [0, 0.05) is 36.1 Å². The summed E-state index contributed by atoms with van der Waals surface area (Å²) in [5, 5.41) is 10.7. The van der Waals surface area contributed by atoms with E-state index in [2.05, 4.69) is 21.3 Å². The molecule has 7 nitrogen and oxygen atoms in total. The van der Waals surface area contributed by atoms with Gasteiger partial charge in [0.05, 0.1) is 0 Å². The second kappa shape index (κ2) is 10.0. The monoisotopic (exact) mass is 420 g/mol. The minimum absolute atomic E-state index is 0.177. The Hall–Kier alpha value is -4.20. The van der Waals surface area contributed by atoms with Crippen molar-refractivity contribution >= 4 is 34.9 Å². The van der Waals surface area contributed by atoms with Crippen molar-refractivity contribution in [1.29, 1.82) is 0 Å². The van der Waals surface area contributed by atoms with Crippen molar-refractivity contribution < 1.29 is 18.8 Å². The zero-order chi connectivity index (χ0) is 22.2. The summed E-state index contributed by atoms with van der Waals surface area (Å²) < 4.78 is 13.3. The van der Waals surface area contributed by atoms with Crippen LogP contribution < -0.4 is 21.3 Å². The van der Waals surface area contributed by atoms with Gasteiger partial charge in [0.1, 0.15) is 5.82 Å². The molecule has 0 bridgehead atoms. The standard InChI is InChI=1S/C23H21FN4O3/c1-15(29)26-19-8-2-5-16(11-19)14-25-23(31)28-20-9-3-6-17(12-20)22(30)27-21-10-4-7-18(24)13-21/h2-13H,14H2,1H3,(H,26,29)(H,27,30)(H2,25,28,31). The molecular weight excluding hydrogens is 399 g/mol. The normalized spacial score (nSPS) is 10.1. The average Bonchev–Trinajstić information content (AvgIpc) is 2.72. The largest absolute Gasteiger partial charge is 0.334 e. The number of urea groups is 1. The van der Waals surface area contributed by atoms with Gasteiger partial charge in [0.2, 0.25) is 5.91 Å². The molecule has 31 heavy (non-hydrogen) atoms. The Labute approximate surface area is 178 Å². The zero-order valence-electron chi connectivity index (χ0n) is 16.7. The minimum atomic E-state index is -0.451. The number of carbonyl (C=O) groups is 3. The molecule has 0 atom stereocenters. The van der Waals surface area contributed by atoms with Crippen molar-refractivity contribution in [2.24, 2.45) is 0 Å². The smallest absolute Gasteiger partial charge is 0.319 e. The maximum atomic E-state index is 13.3. The van der Waals surface area contributed by atoms with E-state index in [-0.39, 0.29) is 12.5 Å². The molecule has 0 spiro atoms. The van der Waals surface area contributed by atoms with Gasteiger partial charge in [-0.1, -0.05) is 24.3 Å². The molecule has 0 heterocycles. The maximum Gasteiger partial charge on any atom is 0.319 e. The summed E-state index contributed by atoms with van der Waals surface area (Å²) in [6.45, 7) is 1.67. The van der Waals surface area contributed by atoms with Crippen LogP contribution in [0.4, 0.5) is 26.2 Å². The number of halogens is 1. The molecule has 3 aromatic carbocycles. The van der Waals surface area contributed by atoms with Crippen molar-refractivity contribution in [3.8, 4) is 0 Å². The summed E-state index contributed by atoms with van der Waals surface area (Å²) >= 11 is 0. The van der Waals surface area contributed by atoms with Crippen molar-refractivity contribution in [3.05, 3.63) is 89.7 Å². The molecule has 0 saturated heterocycles. The van der Waals surface area contributed by atoms with Gasteiger partial charge in [-0.2, -0.15) is 0 Å². The number of anilines is 3. The van der Waals surface area contributed by atoms with Gasteiger partial charge in [-0.15, -0.1) is 0 Å². The molecule has 0 fully saturated rings. The summed E-state index contributed by atoms with van der Waals surface area (Å²) in [5.74, 6) is -1.05. The zero-order valence-corrected chi connectivity index (χ0v) is 16.7. The van der Waals surface area contributed by atoms with E-state index in [9.17, 15) is 18.8 Å². The molecule has 4 amide bonds. The lowest BCUT2D eigenvalue weighted by molar-refractivity contribution is -0.114. The van der Waals surface area contributed by atoms with Crippen LogP contribution in [0.15, 0.2) is 72.8 Å². The molecule has 3 rings (SSSR count). The SMILES string of the molecule is CC(=O)Nc1cccc(CNC(=O)Nc2cccc(C(=O)Nc3cccc(F)c3)c2)c1. The Bertz CT molecular complexity index is 1120. The summed E-state index contributed by atoms with van der Waals surface area (Å²) in [4.78, 5) is 35.8. The van der Waals surface area contributed by atoms with Gasteiger partial charge >= 0.3 is 6.03 Å². The average molecular weight is 420 g/mol. The van der Waals surface area contributed by atoms with Crippen LogP contribution in [0.1, 0.15) is 22.8 Å².